The van der Waals surface area contributed by atoms with Gasteiger partial charge in [-0.1, -0.05) is 6.07 Å². The van der Waals surface area contributed by atoms with E-state index in [9.17, 15) is 24.5 Å². The third kappa shape index (κ3) is 2.04. The van der Waals surface area contributed by atoms with Crippen molar-refractivity contribution in [1.29, 1.82) is 0 Å². The van der Waals surface area contributed by atoms with Crippen molar-refractivity contribution in [2.75, 3.05) is 0 Å². The van der Waals surface area contributed by atoms with Gasteiger partial charge in [-0.3, -0.25) is 19.7 Å². The van der Waals surface area contributed by atoms with Crippen LogP contribution in [0.15, 0.2) is 18.2 Å². The van der Waals surface area contributed by atoms with E-state index in [0.717, 1.165) is 0 Å². The molecule has 0 aliphatic carbocycles. The Balaban J connectivity index is 1.94. The lowest BCUT2D eigenvalue weighted by Crippen LogP contribution is -2.46. The summed E-state index contributed by atoms with van der Waals surface area (Å²) in [4.78, 5) is 46.8. The Morgan fingerprint density at radius 2 is 2.05 bits per heavy atom. The Morgan fingerprint density at radius 1 is 1.29 bits per heavy atom. The molecule has 1 fully saturated rings. The summed E-state index contributed by atoms with van der Waals surface area (Å²) in [5.74, 6) is -1.86. The molecule has 1 aromatic rings. The molecule has 1 saturated heterocycles. The summed E-state index contributed by atoms with van der Waals surface area (Å²) in [5, 5.41) is 11.0. The highest BCUT2D eigenvalue weighted by atomic mass is 16.6. The van der Waals surface area contributed by atoms with Crippen LogP contribution in [-0.2, 0) is 20.9 Å². The van der Waals surface area contributed by atoms with Crippen molar-refractivity contribution in [3.63, 3.8) is 0 Å². The first kappa shape index (κ1) is 13.2. The first-order valence-corrected chi connectivity index (χ1v) is 6.31. The summed E-state index contributed by atoms with van der Waals surface area (Å²) < 4.78 is 4.53. The average Bonchev–Trinajstić information content (AvgIpc) is 2.76. The van der Waals surface area contributed by atoms with E-state index in [0.29, 0.717) is 0 Å². The molecule has 1 aromatic carbocycles. The molecule has 0 saturated carbocycles. The van der Waals surface area contributed by atoms with E-state index in [1.807, 2.05) is 0 Å². The molecule has 3 rings (SSSR count). The smallest absolute Gasteiger partial charge is 0.336 e. The van der Waals surface area contributed by atoms with Gasteiger partial charge in [0.05, 0.1) is 22.6 Å². The Labute approximate surface area is 118 Å². The molecule has 0 N–H and O–H groups in total. The van der Waals surface area contributed by atoms with Crippen LogP contribution in [-0.4, -0.2) is 33.7 Å². The van der Waals surface area contributed by atoms with Gasteiger partial charge in [-0.25, -0.2) is 4.79 Å². The third-order valence-electron chi connectivity index (χ3n) is 3.65. The second-order valence-corrected chi connectivity index (χ2v) is 4.84. The minimum absolute atomic E-state index is 0.0285. The van der Waals surface area contributed by atoms with Crippen LogP contribution in [0.1, 0.15) is 28.8 Å². The number of hydrogen-bond acceptors (Lipinski definition) is 6. The van der Waals surface area contributed by atoms with Crippen molar-refractivity contribution < 1.29 is 24.0 Å². The number of benzene rings is 1. The molecule has 2 aliphatic rings. The molecule has 0 spiro atoms. The van der Waals surface area contributed by atoms with Gasteiger partial charge in [-0.15, -0.1) is 0 Å². The minimum atomic E-state index is -0.873. The molecule has 8 nitrogen and oxygen atoms in total. The quantitative estimate of drug-likeness (QED) is 0.345. The van der Waals surface area contributed by atoms with E-state index in [4.69, 9.17) is 0 Å². The summed E-state index contributed by atoms with van der Waals surface area (Å²) >= 11 is 0. The number of nitro benzene ring substituents is 1. The molecule has 1 atom stereocenters. The number of cyclic esters (lactones) is 2. The zero-order chi connectivity index (χ0) is 15.1. The summed E-state index contributed by atoms with van der Waals surface area (Å²) in [6, 6.07) is 3.37. The van der Waals surface area contributed by atoms with E-state index in [1.54, 1.807) is 0 Å². The predicted octanol–water partition coefficient (Wildman–Crippen LogP) is 0.783. The highest BCUT2D eigenvalue weighted by Crippen LogP contribution is 2.33. The maximum absolute atomic E-state index is 12.3. The largest absolute Gasteiger partial charge is 0.392 e. The fourth-order valence-electron chi connectivity index (χ4n) is 2.65. The number of esters is 2. The highest BCUT2D eigenvalue weighted by molar-refractivity contribution is 6.03. The second-order valence-electron chi connectivity index (χ2n) is 4.84. The molecule has 108 valence electrons. The molecular formula is C13H10N2O6. The predicted molar refractivity (Wildman–Crippen MR) is 67.1 cm³/mol. The van der Waals surface area contributed by atoms with E-state index < -0.39 is 28.8 Å². The van der Waals surface area contributed by atoms with E-state index in [-0.39, 0.29) is 36.2 Å². The van der Waals surface area contributed by atoms with Crippen LogP contribution in [0, 0.1) is 10.1 Å². The summed E-state index contributed by atoms with van der Waals surface area (Å²) in [7, 11) is 0. The van der Waals surface area contributed by atoms with Gasteiger partial charge in [0, 0.05) is 12.5 Å². The molecule has 0 unspecified atom stereocenters. The molecule has 1 amide bonds. The Hall–Kier alpha value is -2.77. The van der Waals surface area contributed by atoms with Gasteiger partial charge in [0.25, 0.3) is 11.6 Å². The Kier molecular flexibility index (Phi) is 2.93. The number of amides is 1. The van der Waals surface area contributed by atoms with E-state index in [2.05, 4.69) is 4.74 Å². The van der Waals surface area contributed by atoms with Crippen molar-refractivity contribution in [1.82, 2.24) is 4.90 Å². The van der Waals surface area contributed by atoms with E-state index in [1.165, 1.54) is 23.1 Å². The van der Waals surface area contributed by atoms with Crippen LogP contribution in [0.4, 0.5) is 5.69 Å². The van der Waals surface area contributed by atoms with Crippen LogP contribution < -0.4 is 0 Å². The SMILES string of the molecule is O=C1CC[C@@H](N2Cc3c(cccc3[N+](=O)[O-])C2=O)C(=O)O1. The third-order valence-corrected chi connectivity index (χ3v) is 3.65. The van der Waals surface area contributed by atoms with Crippen molar-refractivity contribution in [3.8, 4) is 0 Å². The van der Waals surface area contributed by atoms with Gasteiger partial charge in [-0.2, -0.15) is 0 Å². The number of hydrogen-bond donors (Lipinski definition) is 0. The number of rotatable bonds is 2. The van der Waals surface area contributed by atoms with Crippen molar-refractivity contribution in [2.24, 2.45) is 0 Å². The Bertz CT molecular complexity index is 683. The molecule has 2 heterocycles. The number of nitro groups is 1. The van der Waals surface area contributed by atoms with Crippen LogP contribution in [0.25, 0.3) is 0 Å². The van der Waals surface area contributed by atoms with E-state index >= 15 is 0 Å². The zero-order valence-corrected chi connectivity index (χ0v) is 10.8. The molecule has 0 aromatic heterocycles. The summed E-state index contributed by atoms with van der Waals surface area (Å²) in [5.41, 5.74) is 0.356. The van der Waals surface area contributed by atoms with Gasteiger partial charge in [0.2, 0.25) is 0 Å². The van der Waals surface area contributed by atoms with Gasteiger partial charge < -0.3 is 9.64 Å². The number of carbonyl (C=O) groups excluding carboxylic acids is 3. The zero-order valence-electron chi connectivity index (χ0n) is 10.8. The second kappa shape index (κ2) is 4.65. The van der Waals surface area contributed by atoms with Crippen molar-refractivity contribution >= 4 is 23.5 Å². The molecular weight excluding hydrogens is 280 g/mol. The normalized spacial score (nSPS) is 21.2. The van der Waals surface area contributed by atoms with Crippen LogP contribution in [0.3, 0.4) is 0 Å². The Morgan fingerprint density at radius 3 is 2.71 bits per heavy atom. The standard InChI is InChI=1S/C13H10N2O6/c16-11-5-4-10(13(18)21-11)14-6-8-7(12(14)17)2-1-3-9(8)15(19)20/h1-3,10H,4-6H2/t10-/m1/s1. The maximum Gasteiger partial charge on any atom is 0.336 e. The summed E-state index contributed by atoms with van der Waals surface area (Å²) in [6.45, 7) is -0.0285. The fourth-order valence-corrected chi connectivity index (χ4v) is 2.65. The summed E-state index contributed by atoms with van der Waals surface area (Å²) in [6.07, 6.45) is 0.212. The first-order chi connectivity index (χ1) is 9.99. The molecule has 2 aliphatic heterocycles. The van der Waals surface area contributed by atoms with Gasteiger partial charge in [0.1, 0.15) is 6.04 Å². The van der Waals surface area contributed by atoms with Crippen molar-refractivity contribution in [2.45, 2.75) is 25.4 Å². The average molecular weight is 290 g/mol. The van der Waals surface area contributed by atoms with Crippen LogP contribution in [0.5, 0.6) is 0 Å². The first-order valence-electron chi connectivity index (χ1n) is 6.31. The highest BCUT2D eigenvalue weighted by Gasteiger charge is 2.42. The number of carbonyl (C=O) groups is 3. The van der Waals surface area contributed by atoms with Crippen LogP contribution in [0.2, 0.25) is 0 Å². The van der Waals surface area contributed by atoms with Crippen LogP contribution >= 0.6 is 0 Å². The number of ether oxygens (including phenoxy) is 1. The van der Waals surface area contributed by atoms with Crippen molar-refractivity contribution in [3.05, 3.63) is 39.4 Å². The lowest BCUT2D eigenvalue weighted by molar-refractivity contribution is -0.385. The fraction of sp³-hybridized carbons (Fsp3) is 0.308. The maximum atomic E-state index is 12.3. The molecule has 0 bridgehead atoms. The van der Waals surface area contributed by atoms with Gasteiger partial charge >= 0.3 is 11.9 Å². The lowest BCUT2D eigenvalue weighted by atomic mass is 10.1. The number of fused-ring (bicyclic) bond motifs is 1. The monoisotopic (exact) mass is 290 g/mol. The molecule has 0 radical (unpaired) electrons. The number of nitrogens with zero attached hydrogens (tertiary/aromatic N) is 2. The molecule has 21 heavy (non-hydrogen) atoms. The molecule has 8 heteroatoms. The van der Waals surface area contributed by atoms with Gasteiger partial charge in [-0.05, 0) is 12.5 Å². The van der Waals surface area contributed by atoms with Gasteiger partial charge in [0.15, 0.2) is 0 Å². The lowest BCUT2D eigenvalue weighted by Gasteiger charge is -2.28. The minimum Gasteiger partial charge on any atom is -0.392 e. The topological polar surface area (TPSA) is 107 Å².